The van der Waals surface area contributed by atoms with Gasteiger partial charge in [-0.2, -0.15) is 0 Å². The van der Waals surface area contributed by atoms with Gasteiger partial charge in [0, 0.05) is 19.6 Å². The second-order valence-corrected chi connectivity index (χ2v) is 2.53. The molecule has 0 aliphatic rings. The van der Waals surface area contributed by atoms with E-state index in [9.17, 15) is 29.7 Å². The molecule has 0 aliphatic heterocycles. The molecule has 0 heterocycles. The highest BCUT2D eigenvalue weighted by Gasteiger charge is 2.07. The SMILES string of the molecule is O=C([O-])CN[B]N(CC(=O)[O-])CC(=O)[O-]. The lowest BCUT2D eigenvalue weighted by molar-refractivity contribution is -0.309. The monoisotopic (exact) mass is 214 g/mol. The third kappa shape index (κ3) is 8.72. The van der Waals surface area contributed by atoms with Gasteiger partial charge < -0.3 is 39.7 Å². The van der Waals surface area contributed by atoms with Crippen LogP contribution in [0, 0.1) is 0 Å². The summed E-state index contributed by atoms with van der Waals surface area (Å²) < 4.78 is 0. The van der Waals surface area contributed by atoms with Crippen molar-refractivity contribution in [2.24, 2.45) is 0 Å². The summed E-state index contributed by atoms with van der Waals surface area (Å²) in [4.78, 5) is 31.0. The summed E-state index contributed by atoms with van der Waals surface area (Å²) in [5.41, 5.74) is 0. The number of aliphatic carboxylic acids is 3. The Bertz CT molecular complexity index is 242. The summed E-state index contributed by atoms with van der Waals surface area (Å²) in [6.45, 7) is -1.93. The molecule has 0 aromatic rings. The molecule has 1 radical (unpaired) electrons. The number of nitrogens with zero attached hydrogens (tertiary/aromatic N) is 1. The third-order valence-electron chi connectivity index (χ3n) is 1.18. The molecule has 15 heavy (non-hydrogen) atoms. The van der Waals surface area contributed by atoms with Crippen molar-refractivity contribution in [2.75, 3.05) is 19.6 Å². The van der Waals surface area contributed by atoms with Gasteiger partial charge in [-0.15, -0.1) is 0 Å². The zero-order chi connectivity index (χ0) is 11.8. The number of rotatable bonds is 8. The van der Waals surface area contributed by atoms with Crippen LogP contribution in [0.25, 0.3) is 0 Å². The number of carbonyl (C=O) groups is 3. The molecule has 0 atom stereocenters. The molecule has 0 rings (SSSR count). The van der Waals surface area contributed by atoms with Gasteiger partial charge in [-0.1, -0.05) is 0 Å². The largest absolute Gasteiger partial charge is 0.549 e. The van der Waals surface area contributed by atoms with Gasteiger partial charge in [-0.05, 0) is 0 Å². The maximum absolute atomic E-state index is 10.1. The van der Waals surface area contributed by atoms with Gasteiger partial charge >= 0.3 is 7.55 Å². The van der Waals surface area contributed by atoms with Crippen LogP contribution in [0.15, 0.2) is 0 Å². The Balaban J connectivity index is 3.94. The molecule has 0 fully saturated rings. The fraction of sp³-hybridized carbons (Fsp3) is 0.500. The Kier molecular flexibility index (Phi) is 6.06. The van der Waals surface area contributed by atoms with Gasteiger partial charge in [0.15, 0.2) is 0 Å². The van der Waals surface area contributed by atoms with Crippen LogP contribution in [0.1, 0.15) is 0 Å². The normalized spacial score (nSPS) is 9.93. The Morgan fingerprint density at radius 3 is 1.80 bits per heavy atom. The summed E-state index contributed by atoms with van der Waals surface area (Å²) >= 11 is 0. The van der Waals surface area contributed by atoms with Crippen molar-refractivity contribution >= 4 is 25.5 Å². The van der Waals surface area contributed by atoms with Crippen molar-refractivity contribution in [2.45, 2.75) is 0 Å². The van der Waals surface area contributed by atoms with Crippen LogP contribution in [0.5, 0.6) is 0 Å². The van der Waals surface area contributed by atoms with Crippen LogP contribution in [0.3, 0.4) is 0 Å². The van der Waals surface area contributed by atoms with E-state index < -0.39 is 37.5 Å². The summed E-state index contributed by atoms with van der Waals surface area (Å²) in [6.07, 6.45) is 0. The average Bonchev–Trinajstić information content (AvgIpc) is 2.00. The molecule has 0 aromatic carbocycles. The first-order valence-corrected chi connectivity index (χ1v) is 3.82. The highest BCUT2D eigenvalue weighted by atomic mass is 16.4. The van der Waals surface area contributed by atoms with Crippen molar-refractivity contribution in [3.8, 4) is 0 Å². The van der Waals surface area contributed by atoms with Gasteiger partial charge in [0.1, 0.15) is 0 Å². The summed E-state index contributed by atoms with van der Waals surface area (Å²) in [5, 5.41) is 32.4. The van der Waals surface area contributed by atoms with E-state index in [1.165, 1.54) is 0 Å². The molecule has 0 aliphatic carbocycles. The predicted octanol–water partition coefficient (Wildman–Crippen LogP) is -6.34. The van der Waals surface area contributed by atoms with Crippen molar-refractivity contribution in [1.82, 2.24) is 10.0 Å². The molecular weight excluding hydrogens is 207 g/mol. The molecule has 0 bridgehead atoms. The van der Waals surface area contributed by atoms with Gasteiger partial charge in [-0.25, -0.2) is 0 Å². The minimum atomic E-state index is -1.50. The highest BCUT2D eigenvalue weighted by molar-refractivity contribution is 6.30. The lowest BCUT2D eigenvalue weighted by Crippen LogP contribution is -2.51. The van der Waals surface area contributed by atoms with Crippen LogP contribution < -0.4 is 20.5 Å². The van der Waals surface area contributed by atoms with Gasteiger partial charge in [0.05, 0.1) is 17.9 Å². The minimum Gasteiger partial charge on any atom is -0.549 e. The van der Waals surface area contributed by atoms with Crippen molar-refractivity contribution in [1.29, 1.82) is 0 Å². The van der Waals surface area contributed by atoms with E-state index in [0.29, 0.717) is 0 Å². The molecular formula is C6H7BN2O6-3. The molecule has 0 aromatic heterocycles. The average molecular weight is 214 g/mol. The quantitative estimate of drug-likeness (QED) is 0.394. The Labute approximate surface area is 85.8 Å². The number of carboxylic acids is 3. The second-order valence-electron chi connectivity index (χ2n) is 2.53. The van der Waals surface area contributed by atoms with E-state index in [1.54, 1.807) is 0 Å². The lowest BCUT2D eigenvalue weighted by Gasteiger charge is -2.22. The highest BCUT2D eigenvalue weighted by Crippen LogP contribution is 1.81. The first kappa shape index (κ1) is 13.4. The fourth-order valence-corrected chi connectivity index (χ4v) is 0.737. The number of hydrogen-bond acceptors (Lipinski definition) is 8. The smallest absolute Gasteiger partial charge is 0.311 e. The fourth-order valence-electron chi connectivity index (χ4n) is 0.737. The lowest BCUT2D eigenvalue weighted by atomic mass is 10.1. The van der Waals surface area contributed by atoms with Crippen LogP contribution in [-0.2, 0) is 14.4 Å². The number of carbonyl (C=O) groups excluding carboxylic acids is 3. The summed E-state index contributed by atoms with van der Waals surface area (Å²) in [6, 6.07) is 0. The minimum absolute atomic E-state index is 0.559. The van der Waals surface area contributed by atoms with E-state index in [1.807, 2.05) is 0 Å². The van der Waals surface area contributed by atoms with Crippen LogP contribution >= 0.6 is 0 Å². The molecule has 1 N–H and O–H groups in total. The van der Waals surface area contributed by atoms with Gasteiger partial charge in [-0.3, -0.25) is 0 Å². The van der Waals surface area contributed by atoms with Crippen molar-refractivity contribution < 1.29 is 29.7 Å². The van der Waals surface area contributed by atoms with E-state index in [4.69, 9.17) is 0 Å². The van der Waals surface area contributed by atoms with Crippen LogP contribution in [-0.4, -0.2) is 49.9 Å². The first-order valence-electron chi connectivity index (χ1n) is 3.82. The molecule has 9 heteroatoms. The van der Waals surface area contributed by atoms with E-state index in [0.717, 1.165) is 12.4 Å². The second kappa shape index (κ2) is 6.79. The Morgan fingerprint density at radius 2 is 1.47 bits per heavy atom. The molecule has 83 valence electrons. The third-order valence-corrected chi connectivity index (χ3v) is 1.18. The van der Waals surface area contributed by atoms with Gasteiger partial charge in [0.25, 0.3) is 0 Å². The van der Waals surface area contributed by atoms with E-state index in [2.05, 4.69) is 5.23 Å². The van der Waals surface area contributed by atoms with Gasteiger partial charge in [0.2, 0.25) is 0 Å². The van der Waals surface area contributed by atoms with Crippen molar-refractivity contribution in [3.05, 3.63) is 0 Å². The van der Waals surface area contributed by atoms with E-state index in [-0.39, 0.29) is 0 Å². The zero-order valence-corrected chi connectivity index (χ0v) is 7.60. The molecule has 0 saturated carbocycles. The van der Waals surface area contributed by atoms with Crippen LogP contribution in [0.2, 0.25) is 0 Å². The molecule has 0 saturated heterocycles. The topological polar surface area (TPSA) is 136 Å². The Morgan fingerprint density at radius 1 is 1.00 bits per heavy atom. The molecule has 0 spiro atoms. The molecule has 0 amide bonds. The van der Waals surface area contributed by atoms with Crippen molar-refractivity contribution in [3.63, 3.8) is 0 Å². The maximum atomic E-state index is 10.1. The number of nitrogens with one attached hydrogen (secondary N) is 1. The summed E-state index contributed by atoms with van der Waals surface area (Å²) in [5.74, 6) is -4.40. The van der Waals surface area contributed by atoms with E-state index >= 15 is 0 Å². The number of carboxylic acid groups (broad SMARTS) is 3. The first-order chi connectivity index (χ1) is 6.91. The standard InChI is InChI=1S/C6H10BN2O6/c10-4(11)1-8-7-9(2-5(12)13)3-6(14)15/h8H,1-3H2,(H,10,11)(H,12,13)(H,14,15)/p-3. The number of hydrogen-bond donors (Lipinski definition) is 1. The van der Waals surface area contributed by atoms with Crippen LogP contribution in [0.4, 0.5) is 0 Å². The molecule has 0 unspecified atom stereocenters. The zero-order valence-electron chi connectivity index (χ0n) is 7.60. The maximum Gasteiger partial charge on any atom is 0.311 e. The summed E-state index contributed by atoms with van der Waals surface area (Å²) in [7, 11) is 0.904. The Hall–Kier alpha value is -1.61. The molecule has 8 nitrogen and oxygen atoms in total. The predicted molar refractivity (Wildman–Crippen MR) is 40.4 cm³/mol.